The molecule has 0 saturated carbocycles. The van der Waals surface area contributed by atoms with Crippen molar-refractivity contribution in [1.29, 1.82) is 0 Å². The molecule has 0 radical (unpaired) electrons. The number of halogens is 1. The van der Waals surface area contributed by atoms with E-state index in [1.807, 2.05) is 54.6 Å². The molecule has 0 fully saturated rings. The third-order valence-corrected chi connectivity index (χ3v) is 4.64. The second-order valence-corrected chi connectivity index (χ2v) is 7.49. The van der Waals surface area contributed by atoms with Gasteiger partial charge in [-0.3, -0.25) is 14.4 Å². The highest BCUT2D eigenvalue weighted by Crippen LogP contribution is 2.10. The second kappa shape index (κ2) is 10.1. The lowest BCUT2D eigenvalue weighted by atomic mass is 10.0. The number of nitrogens with one attached hydrogen (secondary N) is 2. The largest absolute Gasteiger partial charge is 0.368 e. The molecular formula is C20H22IN3O3. The van der Waals surface area contributed by atoms with Crippen molar-refractivity contribution < 1.29 is 14.4 Å². The van der Waals surface area contributed by atoms with Crippen LogP contribution < -0.4 is 16.4 Å². The molecule has 0 aromatic heterocycles. The van der Waals surface area contributed by atoms with E-state index >= 15 is 0 Å². The Balaban J connectivity index is 2.11. The summed E-state index contributed by atoms with van der Waals surface area (Å²) in [6.45, 7) is 1.35. The molecule has 0 heterocycles. The first-order valence-corrected chi connectivity index (χ1v) is 9.58. The third-order valence-electron chi connectivity index (χ3n) is 3.97. The highest BCUT2D eigenvalue weighted by Gasteiger charge is 2.25. The fourth-order valence-corrected chi connectivity index (χ4v) is 3.31. The number of amides is 3. The summed E-state index contributed by atoms with van der Waals surface area (Å²) in [5.41, 5.74) is 7.28. The van der Waals surface area contributed by atoms with Crippen molar-refractivity contribution in [2.24, 2.45) is 5.73 Å². The first-order valence-electron chi connectivity index (χ1n) is 8.50. The number of benzene rings is 2. The summed E-state index contributed by atoms with van der Waals surface area (Å²) in [6, 6.07) is 15.3. The van der Waals surface area contributed by atoms with Crippen LogP contribution in [-0.2, 0) is 27.2 Å². The van der Waals surface area contributed by atoms with E-state index in [0.717, 1.165) is 14.7 Å². The standard InChI is InChI=1S/C20H22IN3O3/c1-13(25)23-18(11-14-6-3-2-4-7-14)20(27)24-17(19(22)26)12-15-8-5-9-16(21)10-15/h2-10,17-18H,11-12H2,1H3,(H2,22,26)(H,23,25)(H,24,27)/t17-,18-/m0/s1. The van der Waals surface area contributed by atoms with Crippen molar-refractivity contribution in [1.82, 2.24) is 10.6 Å². The second-order valence-electron chi connectivity index (χ2n) is 6.24. The molecule has 6 nitrogen and oxygen atoms in total. The smallest absolute Gasteiger partial charge is 0.243 e. The van der Waals surface area contributed by atoms with Crippen LogP contribution in [0.5, 0.6) is 0 Å². The summed E-state index contributed by atoms with van der Waals surface area (Å²) < 4.78 is 1.03. The van der Waals surface area contributed by atoms with Gasteiger partial charge in [0.15, 0.2) is 0 Å². The van der Waals surface area contributed by atoms with Crippen LogP contribution in [0.25, 0.3) is 0 Å². The average molecular weight is 479 g/mol. The van der Waals surface area contributed by atoms with Gasteiger partial charge >= 0.3 is 0 Å². The van der Waals surface area contributed by atoms with Crippen molar-refractivity contribution in [2.45, 2.75) is 31.8 Å². The Morgan fingerprint density at radius 3 is 2.15 bits per heavy atom. The van der Waals surface area contributed by atoms with E-state index in [-0.39, 0.29) is 12.3 Å². The lowest BCUT2D eigenvalue weighted by molar-refractivity contribution is -0.130. The predicted molar refractivity (Wildman–Crippen MR) is 112 cm³/mol. The lowest BCUT2D eigenvalue weighted by Crippen LogP contribution is -2.54. The van der Waals surface area contributed by atoms with Gasteiger partial charge < -0.3 is 16.4 Å². The Bertz CT molecular complexity index is 811. The number of rotatable bonds is 8. The molecule has 2 rings (SSSR count). The van der Waals surface area contributed by atoms with Crippen LogP contribution in [-0.4, -0.2) is 29.8 Å². The van der Waals surface area contributed by atoms with E-state index in [4.69, 9.17) is 5.73 Å². The normalized spacial score (nSPS) is 12.7. The number of hydrogen-bond acceptors (Lipinski definition) is 3. The Morgan fingerprint density at radius 2 is 1.56 bits per heavy atom. The van der Waals surface area contributed by atoms with E-state index < -0.39 is 23.9 Å². The van der Waals surface area contributed by atoms with Crippen molar-refractivity contribution >= 4 is 40.3 Å². The Hall–Kier alpha value is -2.42. The molecule has 0 unspecified atom stereocenters. The molecular weight excluding hydrogens is 457 g/mol. The summed E-state index contributed by atoms with van der Waals surface area (Å²) in [7, 11) is 0. The van der Waals surface area contributed by atoms with Crippen LogP contribution in [0, 0.1) is 3.57 Å². The number of carbonyl (C=O) groups excluding carboxylic acids is 3. The molecule has 7 heteroatoms. The molecule has 2 aromatic rings. The molecule has 27 heavy (non-hydrogen) atoms. The van der Waals surface area contributed by atoms with Crippen molar-refractivity contribution in [3.05, 3.63) is 69.3 Å². The summed E-state index contributed by atoms with van der Waals surface area (Å²) >= 11 is 2.18. The number of carbonyl (C=O) groups is 3. The molecule has 0 bridgehead atoms. The SMILES string of the molecule is CC(=O)N[C@@H](Cc1ccccc1)C(=O)N[C@@H](Cc1cccc(I)c1)C(N)=O. The molecule has 2 atom stereocenters. The van der Waals surface area contributed by atoms with E-state index in [1.165, 1.54) is 6.92 Å². The van der Waals surface area contributed by atoms with Gasteiger partial charge in [-0.2, -0.15) is 0 Å². The zero-order valence-corrected chi connectivity index (χ0v) is 17.1. The van der Waals surface area contributed by atoms with E-state index in [2.05, 4.69) is 33.2 Å². The molecule has 0 aliphatic heterocycles. The van der Waals surface area contributed by atoms with Gasteiger partial charge in [-0.25, -0.2) is 0 Å². The third kappa shape index (κ3) is 7.01. The molecule has 3 amide bonds. The zero-order valence-electron chi connectivity index (χ0n) is 14.9. The van der Waals surface area contributed by atoms with Crippen molar-refractivity contribution in [3.8, 4) is 0 Å². The monoisotopic (exact) mass is 479 g/mol. The van der Waals surface area contributed by atoms with Crippen LogP contribution in [0.2, 0.25) is 0 Å². The minimum atomic E-state index is -0.859. The van der Waals surface area contributed by atoms with Crippen LogP contribution in [0.1, 0.15) is 18.1 Å². The minimum absolute atomic E-state index is 0.288. The maximum Gasteiger partial charge on any atom is 0.243 e. The minimum Gasteiger partial charge on any atom is -0.368 e. The summed E-state index contributed by atoms with van der Waals surface area (Å²) in [4.78, 5) is 36.1. The molecule has 0 aliphatic carbocycles. The summed E-state index contributed by atoms with van der Waals surface area (Å²) in [6.07, 6.45) is 0.608. The lowest BCUT2D eigenvalue weighted by Gasteiger charge is -2.22. The van der Waals surface area contributed by atoms with Crippen molar-refractivity contribution in [3.63, 3.8) is 0 Å². The Kier molecular flexibility index (Phi) is 7.78. The maximum absolute atomic E-state index is 12.7. The Labute approximate surface area is 172 Å². The number of primary amides is 1. The van der Waals surface area contributed by atoms with Gasteiger partial charge in [0, 0.05) is 23.3 Å². The summed E-state index contributed by atoms with van der Waals surface area (Å²) in [5.74, 6) is -1.38. The first kappa shape index (κ1) is 20.9. The van der Waals surface area contributed by atoms with Gasteiger partial charge in [-0.15, -0.1) is 0 Å². The van der Waals surface area contributed by atoms with Gasteiger partial charge in [-0.1, -0.05) is 42.5 Å². The van der Waals surface area contributed by atoms with Crippen LogP contribution in [0.4, 0.5) is 0 Å². The quantitative estimate of drug-likeness (QED) is 0.501. The first-order chi connectivity index (χ1) is 12.8. The van der Waals surface area contributed by atoms with Gasteiger partial charge in [0.2, 0.25) is 17.7 Å². The average Bonchev–Trinajstić information content (AvgIpc) is 2.61. The topological polar surface area (TPSA) is 101 Å². The van der Waals surface area contributed by atoms with E-state index in [0.29, 0.717) is 6.42 Å². The van der Waals surface area contributed by atoms with Gasteiger partial charge in [0.1, 0.15) is 12.1 Å². The highest BCUT2D eigenvalue weighted by molar-refractivity contribution is 14.1. The summed E-state index contributed by atoms with van der Waals surface area (Å²) in [5, 5.41) is 5.32. The van der Waals surface area contributed by atoms with Gasteiger partial charge in [0.05, 0.1) is 0 Å². The van der Waals surface area contributed by atoms with Crippen LogP contribution >= 0.6 is 22.6 Å². The van der Waals surface area contributed by atoms with E-state index in [1.54, 1.807) is 0 Å². The molecule has 142 valence electrons. The van der Waals surface area contributed by atoms with Crippen molar-refractivity contribution in [2.75, 3.05) is 0 Å². The molecule has 0 saturated heterocycles. The van der Waals surface area contributed by atoms with E-state index in [9.17, 15) is 14.4 Å². The zero-order chi connectivity index (χ0) is 19.8. The van der Waals surface area contributed by atoms with Crippen LogP contribution in [0.15, 0.2) is 54.6 Å². The molecule has 0 spiro atoms. The maximum atomic E-state index is 12.7. The molecule has 0 aliphatic rings. The Morgan fingerprint density at radius 1 is 0.926 bits per heavy atom. The van der Waals surface area contributed by atoms with Crippen LogP contribution in [0.3, 0.4) is 0 Å². The highest BCUT2D eigenvalue weighted by atomic mass is 127. The fourth-order valence-electron chi connectivity index (χ4n) is 2.70. The molecule has 4 N–H and O–H groups in total. The molecule has 2 aromatic carbocycles. The number of nitrogens with two attached hydrogens (primary N) is 1. The van der Waals surface area contributed by atoms with Gasteiger partial charge in [-0.05, 0) is 45.9 Å². The fraction of sp³-hybridized carbons (Fsp3) is 0.250. The number of hydrogen-bond donors (Lipinski definition) is 3. The van der Waals surface area contributed by atoms with Gasteiger partial charge in [0.25, 0.3) is 0 Å². The predicted octanol–water partition coefficient (Wildman–Crippen LogP) is 1.55.